The Kier molecular flexibility index (Phi) is 4.20. The SMILES string of the molecule is O=C(CCN1CCCCC1)c1c[n+](=O)c2ccccc2n1[O-]. The van der Waals surface area contributed by atoms with E-state index in [1.165, 1.54) is 6.42 Å². The van der Waals surface area contributed by atoms with Gasteiger partial charge in [-0.3, -0.25) is 4.79 Å². The Labute approximate surface area is 128 Å². The van der Waals surface area contributed by atoms with Gasteiger partial charge >= 0.3 is 0 Å². The van der Waals surface area contributed by atoms with E-state index in [2.05, 4.69) is 4.90 Å². The fourth-order valence-corrected chi connectivity index (χ4v) is 2.94. The van der Waals surface area contributed by atoms with E-state index in [4.69, 9.17) is 0 Å². The molecule has 0 N–H and O–H groups in total. The molecule has 0 spiro atoms. The molecular formula is C16H19N3O3. The standard InChI is InChI=1S/C16H19N3O3/c20-16(8-11-17-9-4-1-5-10-17)15-12-18(21)13-6-2-3-7-14(13)19(15)22/h2-3,6-7,12H,1,4-5,8-11H2. The predicted octanol–water partition coefficient (Wildman–Crippen LogP) is 1.96. The zero-order chi connectivity index (χ0) is 15.5. The quantitative estimate of drug-likeness (QED) is 0.639. The molecule has 0 radical (unpaired) electrons. The maximum Gasteiger partial charge on any atom is 0.286 e. The number of benzene rings is 1. The van der Waals surface area contributed by atoms with Crippen LogP contribution in [-0.2, 0) is 0 Å². The molecule has 1 aliphatic rings. The van der Waals surface area contributed by atoms with Gasteiger partial charge in [0.15, 0.2) is 11.5 Å². The van der Waals surface area contributed by atoms with E-state index in [1.54, 1.807) is 24.3 Å². The highest BCUT2D eigenvalue weighted by Crippen LogP contribution is 2.13. The summed E-state index contributed by atoms with van der Waals surface area (Å²) in [6.45, 7) is 2.65. The highest BCUT2D eigenvalue weighted by Gasteiger charge is 2.18. The zero-order valence-corrected chi connectivity index (χ0v) is 12.4. The van der Waals surface area contributed by atoms with Crippen LogP contribution < -0.4 is 4.43 Å². The first-order chi connectivity index (χ1) is 10.7. The molecule has 0 atom stereocenters. The lowest BCUT2D eigenvalue weighted by atomic mass is 10.1. The van der Waals surface area contributed by atoms with Crippen molar-refractivity contribution in [2.75, 3.05) is 19.6 Å². The van der Waals surface area contributed by atoms with Crippen LogP contribution in [0.4, 0.5) is 0 Å². The van der Waals surface area contributed by atoms with Crippen molar-refractivity contribution in [2.45, 2.75) is 25.7 Å². The average Bonchev–Trinajstić information content (AvgIpc) is 2.57. The first kappa shape index (κ1) is 14.7. The van der Waals surface area contributed by atoms with Crippen molar-refractivity contribution < 1.29 is 9.22 Å². The van der Waals surface area contributed by atoms with Crippen molar-refractivity contribution in [2.24, 2.45) is 0 Å². The van der Waals surface area contributed by atoms with E-state index in [0.717, 1.165) is 32.1 Å². The third kappa shape index (κ3) is 2.87. The van der Waals surface area contributed by atoms with Gasteiger partial charge < -0.3 is 14.8 Å². The van der Waals surface area contributed by atoms with Gasteiger partial charge in [-0.25, -0.2) is 0 Å². The van der Waals surface area contributed by atoms with Gasteiger partial charge in [0.1, 0.15) is 5.52 Å². The molecule has 22 heavy (non-hydrogen) atoms. The van der Waals surface area contributed by atoms with Crippen LogP contribution in [0.2, 0.25) is 0 Å². The number of rotatable bonds is 4. The van der Waals surface area contributed by atoms with Crippen LogP contribution in [0.5, 0.6) is 0 Å². The van der Waals surface area contributed by atoms with Gasteiger partial charge in [0.05, 0.1) is 4.43 Å². The van der Waals surface area contributed by atoms with Crippen LogP contribution in [-0.4, -0.2) is 35.0 Å². The van der Waals surface area contributed by atoms with Gasteiger partial charge in [0, 0.05) is 23.9 Å². The third-order valence-corrected chi connectivity index (χ3v) is 4.19. The van der Waals surface area contributed by atoms with Crippen LogP contribution in [0.15, 0.2) is 30.5 Å². The van der Waals surface area contributed by atoms with Crippen molar-refractivity contribution in [3.05, 3.63) is 46.3 Å². The molecule has 2 aromatic rings. The Morgan fingerprint density at radius 1 is 1.18 bits per heavy atom. The minimum atomic E-state index is -0.282. The highest BCUT2D eigenvalue weighted by molar-refractivity contribution is 5.95. The number of para-hydroxylation sites is 2. The molecule has 3 rings (SSSR count). The second-order valence-electron chi connectivity index (χ2n) is 5.70. The molecule has 0 aliphatic carbocycles. The lowest BCUT2D eigenvalue weighted by molar-refractivity contribution is -0.464. The maximum absolute atomic E-state index is 12.3. The molecule has 1 aliphatic heterocycles. The van der Waals surface area contributed by atoms with Gasteiger partial charge in [-0.1, -0.05) is 18.6 Å². The Hall–Kier alpha value is -2.21. The number of ketones is 1. The molecule has 1 saturated heterocycles. The first-order valence-corrected chi connectivity index (χ1v) is 7.67. The molecule has 1 aromatic carbocycles. The summed E-state index contributed by atoms with van der Waals surface area (Å²) in [7, 11) is 0. The van der Waals surface area contributed by atoms with Crippen molar-refractivity contribution in [1.29, 1.82) is 0 Å². The fraction of sp³-hybridized carbons (Fsp3) is 0.438. The molecule has 6 heteroatoms. The largest absolute Gasteiger partial charge is 0.805 e. The number of nitrogens with zero attached hydrogens (tertiary/aromatic N) is 3. The van der Waals surface area contributed by atoms with Gasteiger partial charge in [0.25, 0.3) is 11.7 Å². The summed E-state index contributed by atoms with van der Waals surface area (Å²) in [6, 6.07) is 6.49. The maximum atomic E-state index is 12.3. The van der Waals surface area contributed by atoms with Crippen molar-refractivity contribution >= 4 is 16.8 Å². The summed E-state index contributed by atoms with van der Waals surface area (Å²) in [4.78, 5) is 26.5. The number of Topliss-reactive ketones (excluding diaryl/α,β-unsaturated/α-hetero) is 1. The fourth-order valence-electron chi connectivity index (χ4n) is 2.94. The highest BCUT2D eigenvalue weighted by atomic mass is 16.5. The van der Waals surface area contributed by atoms with Crippen LogP contribution in [0, 0.1) is 10.1 Å². The lowest BCUT2D eigenvalue weighted by Crippen LogP contribution is -2.32. The van der Waals surface area contributed by atoms with Gasteiger partial charge in [0.2, 0.25) is 0 Å². The van der Waals surface area contributed by atoms with Crippen molar-refractivity contribution in [1.82, 2.24) is 9.63 Å². The molecule has 1 aromatic heterocycles. The van der Waals surface area contributed by atoms with Crippen LogP contribution in [0.25, 0.3) is 11.0 Å². The number of fused-ring (bicyclic) bond motifs is 1. The number of hydrogen-bond donors (Lipinski definition) is 0. The minimum Gasteiger partial charge on any atom is -0.805 e. The number of carbonyl (C=O) groups is 1. The summed E-state index contributed by atoms with van der Waals surface area (Å²) in [5.41, 5.74) is 0.414. The summed E-state index contributed by atoms with van der Waals surface area (Å²) < 4.78 is 1.17. The van der Waals surface area contributed by atoms with E-state index >= 15 is 0 Å². The molecule has 1 fully saturated rings. The molecule has 2 heterocycles. The van der Waals surface area contributed by atoms with E-state index < -0.39 is 0 Å². The average molecular weight is 301 g/mol. The number of aromatic nitrogens is 2. The summed E-state index contributed by atoms with van der Waals surface area (Å²) in [5, 5.41) is 12.3. The van der Waals surface area contributed by atoms with E-state index in [1.807, 2.05) is 0 Å². The van der Waals surface area contributed by atoms with Gasteiger partial charge in [-0.15, -0.1) is 0 Å². The van der Waals surface area contributed by atoms with Crippen LogP contribution in [0.1, 0.15) is 36.2 Å². The normalized spacial score (nSPS) is 16.0. The molecular weight excluding hydrogens is 282 g/mol. The molecule has 116 valence electrons. The Morgan fingerprint density at radius 2 is 1.91 bits per heavy atom. The van der Waals surface area contributed by atoms with E-state index in [0.29, 0.717) is 15.7 Å². The molecule has 0 saturated carbocycles. The monoisotopic (exact) mass is 301 g/mol. The van der Waals surface area contributed by atoms with E-state index in [-0.39, 0.29) is 28.9 Å². The van der Waals surface area contributed by atoms with Gasteiger partial charge in [-0.2, -0.15) is 0 Å². The first-order valence-electron chi connectivity index (χ1n) is 7.67. The molecule has 0 unspecified atom stereocenters. The smallest absolute Gasteiger partial charge is 0.286 e. The van der Waals surface area contributed by atoms with Crippen molar-refractivity contribution in [3.63, 3.8) is 0 Å². The van der Waals surface area contributed by atoms with E-state index in [9.17, 15) is 14.9 Å². The minimum absolute atomic E-state index is 0.0780. The van der Waals surface area contributed by atoms with Crippen LogP contribution in [0.3, 0.4) is 0 Å². The molecule has 0 bridgehead atoms. The zero-order valence-electron chi connectivity index (χ0n) is 12.4. The number of likely N-dealkylation sites (tertiary alicyclic amines) is 1. The Morgan fingerprint density at radius 3 is 2.68 bits per heavy atom. The summed E-state index contributed by atoms with van der Waals surface area (Å²) >= 11 is 0. The second-order valence-corrected chi connectivity index (χ2v) is 5.70. The molecule has 6 nitrogen and oxygen atoms in total. The summed E-state index contributed by atoms with van der Waals surface area (Å²) in [6.07, 6.45) is 4.92. The molecule has 0 amide bonds. The Bertz CT molecular complexity index is 748. The lowest BCUT2D eigenvalue weighted by Gasteiger charge is -2.26. The van der Waals surface area contributed by atoms with Crippen LogP contribution >= 0.6 is 0 Å². The number of carbonyl (C=O) groups excluding carboxylic acids is 1. The summed E-state index contributed by atoms with van der Waals surface area (Å²) in [5.74, 6) is -0.282. The Balaban J connectivity index is 1.81. The predicted molar refractivity (Wildman–Crippen MR) is 83.3 cm³/mol. The van der Waals surface area contributed by atoms with Gasteiger partial charge in [-0.05, 0) is 32.0 Å². The number of hydrogen-bond acceptors (Lipinski definition) is 4. The van der Waals surface area contributed by atoms with Crippen molar-refractivity contribution in [3.8, 4) is 0 Å². The number of piperidine rings is 1. The third-order valence-electron chi connectivity index (χ3n) is 4.19. The topological polar surface area (TPSA) is 71.3 Å². The second kappa shape index (κ2) is 6.27.